The molecule has 0 radical (unpaired) electrons. The minimum atomic E-state index is 0.358. The zero-order valence-corrected chi connectivity index (χ0v) is 10.5. The lowest BCUT2D eigenvalue weighted by Crippen LogP contribution is -2.24. The van der Waals surface area contributed by atoms with Gasteiger partial charge in [-0.1, -0.05) is 6.92 Å². The van der Waals surface area contributed by atoms with E-state index in [0.717, 1.165) is 24.5 Å². The zero-order chi connectivity index (χ0) is 12.0. The third-order valence-electron chi connectivity index (χ3n) is 2.65. The van der Waals surface area contributed by atoms with Crippen LogP contribution in [0, 0.1) is 6.92 Å². The summed E-state index contributed by atoms with van der Waals surface area (Å²) in [6.07, 6.45) is 1.04. The van der Waals surface area contributed by atoms with Gasteiger partial charge in [0.05, 0.1) is 13.7 Å². The maximum Gasteiger partial charge on any atom is 0.119 e. The molecule has 0 aliphatic carbocycles. The maximum atomic E-state index is 5.18. The van der Waals surface area contributed by atoms with Gasteiger partial charge in [-0.15, -0.1) is 0 Å². The molecule has 0 spiro atoms. The molecule has 1 unspecified atom stereocenters. The molecular weight excluding hydrogens is 202 g/mol. The van der Waals surface area contributed by atoms with Crippen molar-refractivity contribution in [3.05, 3.63) is 23.8 Å². The molecule has 1 N–H and O–H groups in total. The van der Waals surface area contributed by atoms with Gasteiger partial charge in [0.25, 0.3) is 0 Å². The Hall–Kier alpha value is -1.22. The smallest absolute Gasteiger partial charge is 0.119 e. The lowest BCUT2D eigenvalue weighted by Gasteiger charge is -2.19. The van der Waals surface area contributed by atoms with Crippen LogP contribution < -0.4 is 10.1 Å². The molecule has 3 heteroatoms. The van der Waals surface area contributed by atoms with E-state index >= 15 is 0 Å². The summed E-state index contributed by atoms with van der Waals surface area (Å²) < 4.78 is 10.3. The average molecular weight is 223 g/mol. The van der Waals surface area contributed by atoms with Gasteiger partial charge in [-0.05, 0) is 37.1 Å². The van der Waals surface area contributed by atoms with Crippen LogP contribution in [0.15, 0.2) is 18.2 Å². The molecule has 90 valence electrons. The van der Waals surface area contributed by atoms with Gasteiger partial charge in [0.1, 0.15) is 5.75 Å². The van der Waals surface area contributed by atoms with E-state index in [1.807, 2.05) is 18.2 Å². The molecule has 1 atom stereocenters. The molecule has 0 heterocycles. The average Bonchev–Trinajstić information content (AvgIpc) is 2.30. The molecule has 0 amide bonds. The van der Waals surface area contributed by atoms with Crippen LogP contribution in [0.5, 0.6) is 5.75 Å². The summed E-state index contributed by atoms with van der Waals surface area (Å²) in [5.74, 6) is 0.892. The Morgan fingerprint density at radius 3 is 2.56 bits per heavy atom. The quantitative estimate of drug-likeness (QED) is 0.804. The second-order valence-electron chi connectivity index (χ2n) is 3.89. The van der Waals surface area contributed by atoms with Crippen molar-refractivity contribution in [2.75, 3.05) is 26.1 Å². The summed E-state index contributed by atoms with van der Waals surface area (Å²) in [5, 5.41) is 3.47. The summed E-state index contributed by atoms with van der Waals surface area (Å²) in [6.45, 7) is 4.95. The second kappa shape index (κ2) is 6.38. The monoisotopic (exact) mass is 223 g/mol. The first-order valence-corrected chi connectivity index (χ1v) is 5.61. The number of rotatable bonds is 6. The van der Waals surface area contributed by atoms with Crippen molar-refractivity contribution >= 4 is 5.69 Å². The number of ether oxygens (including phenoxy) is 2. The van der Waals surface area contributed by atoms with E-state index in [1.54, 1.807) is 14.2 Å². The minimum absolute atomic E-state index is 0.358. The van der Waals surface area contributed by atoms with E-state index in [-0.39, 0.29) is 0 Å². The highest BCUT2D eigenvalue weighted by atomic mass is 16.5. The van der Waals surface area contributed by atoms with Gasteiger partial charge in [0.2, 0.25) is 0 Å². The van der Waals surface area contributed by atoms with Crippen LogP contribution in [0.1, 0.15) is 18.9 Å². The first kappa shape index (κ1) is 12.8. The molecule has 0 bridgehead atoms. The Bertz CT molecular complexity index is 326. The molecule has 0 aromatic heterocycles. The van der Waals surface area contributed by atoms with Gasteiger partial charge in [0.15, 0.2) is 0 Å². The maximum absolute atomic E-state index is 5.18. The molecule has 0 saturated heterocycles. The lowest BCUT2D eigenvalue weighted by molar-refractivity contribution is 0.184. The van der Waals surface area contributed by atoms with Crippen molar-refractivity contribution in [2.24, 2.45) is 0 Å². The van der Waals surface area contributed by atoms with Crippen molar-refractivity contribution < 1.29 is 9.47 Å². The Labute approximate surface area is 97.8 Å². The van der Waals surface area contributed by atoms with E-state index in [2.05, 4.69) is 19.2 Å². The van der Waals surface area contributed by atoms with Crippen molar-refractivity contribution in [3.63, 3.8) is 0 Å². The number of hydrogen-bond donors (Lipinski definition) is 1. The second-order valence-corrected chi connectivity index (χ2v) is 3.89. The molecule has 0 fully saturated rings. The van der Waals surface area contributed by atoms with Crippen LogP contribution in [0.25, 0.3) is 0 Å². The third-order valence-corrected chi connectivity index (χ3v) is 2.65. The van der Waals surface area contributed by atoms with Crippen LogP contribution in [-0.4, -0.2) is 26.9 Å². The van der Waals surface area contributed by atoms with E-state index in [0.29, 0.717) is 6.04 Å². The van der Waals surface area contributed by atoms with Crippen LogP contribution in [-0.2, 0) is 4.74 Å². The summed E-state index contributed by atoms with van der Waals surface area (Å²) in [4.78, 5) is 0. The SMILES string of the molecule is CCC(COC)Nc1ccc(OC)cc1C. The van der Waals surface area contributed by atoms with E-state index in [4.69, 9.17) is 9.47 Å². The van der Waals surface area contributed by atoms with Crippen LogP contribution >= 0.6 is 0 Å². The Morgan fingerprint density at radius 2 is 2.06 bits per heavy atom. The van der Waals surface area contributed by atoms with Gasteiger partial charge in [-0.2, -0.15) is 0 Å². The van der Waals surface area contributed by atoms with Gasteiger partial charge in [0, 0.05) is 18.8 Å². The Morgan fingerprint density at radius 1 is 1.31 bits per heavy atom. The van der Waals surface area contributed by atoms with E-state index in [1.165, 1.54) is 5.56 Å². The highest BCUT2D eigenvalue weighted by Gasteiger charge is 2.07. The first-order chi connectivity index (χ1) is 7.71. The molecule has 1 aromatic carbocycles. The van der Waals surface area contributed by atoms with Crippen molar-refractivity contribution in [2.45, 2.75) is 26.3 Å². The molecule has 1 rings (SSSR count). The summed E-state index contributed by atoms with van der Waals surface area (Å²) in [7, 11) is 3.41. The predicted octanol–water partition coefficient (Wildman–Crippen LogP) is 2.84. The standard InChI is InChI=1S/C13H21NO2/c1-5-11(9-15-3)14-13-7-6-12(16-4)8-10(13)2/h6-8,11,14H,5,9H2,1-4H3. The summed E-state index contributed by atoms with van der Waals surface area (Å²) in [5.41, 5.74) is 2.33. The Kier molecular flexibility index (Phi) is 5.12. The van der Waals surface area contributed by atoms with Crippen molar-refractivity contribution in [3.8, 4) is 5.75 Å². The first-order valence-electron chi connectivity index (χ1n) is 5.61. The molecule has 0 aliphatic rings. The highest BCUT2D eigenvalue weighted by Crippen LogP contribution is 2.22. The van der Waals surface area contributed by atoms with Gasteiger partial charge in [-0.3, -0.25) is 0 Å². The number of methoxy groups -OCH3 is 2. The fourth-order valence-electron chi connectivity index (χ4n) is 1.61. The topological polar surface area (TPSA) is 30.5 Å². The van der Waals surface area contributed by atoms with Gasteiger partial charge in [-0.25, -0.2) is 0 Å². The molecular formula is C13H21NO2. The number of hydrogen-bond acceptors (Lipinski definition) is 3. The molecule has 0 aliphatic heterocycles. The molecule has 16 heavy (non-hydrogen) atoms. The molecule has 1 aromatic rings. The van der Waals surface area contributed by atoms with Crippen molar-refractivity contribution in [1.29, 1.82) is 0 Å². The number of nitrogens with one attached hydrogen (secondary N) is 1. The summed E-state index contributed by atoms with van der Waals surface area (Å²) in [6, 6.07) is 6.40. The largest absolute Gasteiger partial charge is 0.497 e. The molecule has 0 saturated carbocycles. The predicted molar refractivity (Wildman–Crippen MR) is 67.3 cm³/mol. The third kappa shape index (κ3) is 3.42. The number of aryl methyl sites for hydroxylation is 1. The molecule has 3 nitrogen and oxygen atoms in total. The van der Waals surface area contributed by atoms with Crippen molar-refractivity contribution in [1.82, 2.24) is 0 Å². The van der Waals surface area contributed by atoms with Crippen LogP contribution in [0.4, 0.5) is 5.69 Å². The minimum Gasteiger partial charge on any atom is -0.497 e. The lowest BCUT2D eigenvalue weighted by atomic mass is 10.1. The summed E-state index contributed by atoms with van der Waals surface area (Å²) >= 11 is 0. The van der Waals surface area contributed by atoms with Gasteiger partial charge < -0.3 is 14.8 Å². The highest BCUT2D eigenvalue weighted by molar-refractivity contribution is 5.54. The normalized spacial score (nSPS) is 12.2. The van der Waals surface area contributed by atoms with E-state index < -0.39 is 0 Å². The Balaban J connectivity index is 2.72. The fraction of sp³-hybridized carbons (Fsp3) is 0.538. The van der Waals surface area contributed by atoms with Crippen LogP contribution in [0.2, 0.25) is 0 Å². The number of benzene rings is 1. The number of anilines is 1. The van der Waals surface area contributed by atoms with Gasteiger partial charge >= 0.3 is 0 Å². The zero-order valence-electron chi connectivity index (χ0n) is 10.5. The van der Waals surface area contributed by atoms with Crippen LogP contribution in [0.3, 0.4) is 0 Å². The van der Waals surface area contributed by atoms with E-state index in [9.17, 15) is 0 Å². The fourth-order valence-corrected chi connectivity index (χ4v) is 1.61.